The summed E-state index contributed by atoms with van der Waals surface area (Å²) in [7, 11) is 0.274. The van der Waals surface area contributed by atoms with Gasteiger partial charge in [-0.1, -0.05) is 115 Å². The zero-order chi connectivity index (χ0) is 78.4. The minimum absolute atomic E-state index is 0.249. The van der Waals surface area contributed by atoms with Gasteiger partial charge in [-0.3, -0.25) is 10.4 Å². The highest BCUT2D eigenvalue weighted by molar-refractivity contribution is 9.11. The molecule has 1 aliphatic rings. The second-order valence-electron chi connectivity index (χ2n) is 26.7. The predicted octanol–water partition coefficient (Wildman–Crippen LogP) is 15.0. The van der Waals surface area contributed by atoms with Crippen LogP contribution in [0, 0.1) is 17.9 Å². The molecule has 16 rings (SSSR count). The second-order valence-corrected chi connectivity index (χ2v) is 31.9. The highest BCUT2D eigenvalue weighted by Crippen LogP contribution is 2.36. The molecule has 15 aromatic rings. The quantitative estimate of drug-likeness (QED) is 0.0188. The fourth-order valence-electron chi connectivity index (χ4n) is 12.5. The van der Waals surface area contributed by atoms with Crippen molar-refractivity contribution in [2.24, 2.45) is 0 Å². The van der Waals surface area contributed by atoms with Crippen molar-refractivity contribution in [3.63, 3.8) is 0 Å². The summed E-state index contributed by atoms with van der Waals surface area (Å²) in [5.41, 5.74) is 14.3. The third-order valence-corrected chi connectivity index (χ3v) is 22.3. The van der Waals surface area contributed by atoms with Crippen molar-refractivity contribution in [3.05, 3.63) is 288 Å². The summed E-state index contributed by atoms with van der Waals surface area (Å²) in [4.78, 5) is 21.1. The van der Waals surface area contributed by atoms with Gasteiger partial charge in [0.05, 0.1) is 60.2 Å². The number of aryl methyl sites for hydroxylation is 2. The fraction of sp³-hybridized carbons (Fsp3) is 0.212. The highest BCUT2D eigenvalue weighted by Gasteiger charge is 2.23. The number of fused-ring (bicyclic) bond motifs is 4. The van der Waals surface area contributed by atoms with Gasteiger partial charge in [-0.15, -0.1) is 0 Å². The van der Waals surface area contributed by atoms with Gasteiger partial charge < -0.3 is 31.4 Å². The van der Waals surface area contributed by atoms with E-state index in [4.69, 9.17) is 15.0 Å². The second kappa shape index (κ2) is 36.5. The molecule has 11 heterocycles. The summed E-state index contributed by atoms with van der Waals surface area (Å²) in [5, 5.41) is 62.0. The smallest absolute Gasteiger partial charge is 0.240 e. The molecule has 7 N–H and O–H groups in total. The first-order chi connectivity index (χ1) is 54.2. The van der Waals surface area contributed by atoms with E-state index < -0.39 is 10.0 Å². The molecule has 0 aliphatic heterocycles. The number of pyridine rings is 3. The van der Waals surface area contributed by atoms with Crippen molar-refractivity contribution in [3.8, 4) is 33.8 Å². The number of aromatic nitrogens is 15. The van der Waals surface area contributed by atoms with Gasteiger partial charge in [0.2, 0.25) is 34.3 Å². The minimum atomic E-state index is -3.53. The lowest BCUT2D eigenvalue weighted by molar-refractivity contribution is -0.909. The zero-order valence-corrected chi connectivity index (χ0v) is 68.6. The highest BCUT2D eigenvalue weighted by atomic mass is 79.9. The van der Waals surface area contributed by atoms with E-state index in [1.807, 2.05) is 146 Å². The molecule has 0 amide bonds. The van der Waals surface area contributed by atoms with Crippen LogP contribution in [0.25, 0.3) is 56.4 Å². The van der Waals surface area contributed by atoms with E-state index in [0.29, 0.717) is 83.7 Å². The molecule has 0 unspecified atom stereocenters. The molecule has 0 atom stereocenters. The number of halogens is 5. The van der Waals surface area contributed by atoms with E-state index in [9.17, 15) is 28.4 Å². The molecule has 0 spiro atoms. The van der Waals surface area contributed by atoms with E-state index in [1.54, 1.807) is 99.4 Å². The van der Waals surface area contributed by atoms with Crippen molar-refractivity contribution in [1.82, 2.24) is 68.0 Å². The zero-order valence-electron chi connectivity index (χ0n) is 61.4. The van der Waals surface area contributed by atoms with Crippen LogP contribution in [0.1, 0.15) is 84.2 Å². The van der Waals surface area contributed by atoms with E-state index in [2.05, 4.69) is 128 Å². The molecule has 1 aliphatic carbocycles. The number of benzene rings is 4. The lowest BCUT2D eigenvalue weighted by Gasteiger charge is -2.22. The van der Waals surface area contributed by atoms with Crippen LogP contribution in [0.2, 0.25) is 0 Å². The largest absolute Gasteiger partial charge is 0.619 e. The Balaban J connectivity index is 0.000000131. The van der Waals surface area contributed by atoms with Gasteiger partial charge in [0.15, 0.2) is 35.0 Å². The first kappa shape index (κ1) is 79.2. The van der Waals surface area contributed by atoms with Gasteiger partial charge >= 0.3 is 0 Å². The minimum Gasteiger partial charge on any atom is -0.619 e. The summed E-state index contributed by atoms with van der Waals surface area (Å²) >= 11 is 14.0. The molecule has 0 radical (unpaired) electrons. The summed E-state index contributed by atoms with van der Waals surface area (Å²) in [6.07, 6.45) is 22.2. The Kier molecular flexibility index (Phi) is 25.8. The molecule has 1 saturated carbocycles. The predicted molar refractivity (Wildman–Crippen MR) is 441 cm³/mol. The lowest BCUT2D eigenvalue weighted by Crippen LogP contribution is -2.33. The van der Waals surface area contributed by atoms with Crippen molar-refractivity contribution < 1.29 is 37.4 Å². The van der Waals surface area contributed by atoms with Crippen molar-refractivity contribution >= 4 is 120 Å². The Morgan fingerprint density at radius 2 is 1.04 bits per heavy atom. The van der Waals surface area contributed by atoms with Gasteiger partial charge in [0.1, 0.15) is 29.1 Å². The van der Waals surface area contributed by atoms with Crippen LogP contribution >= 0.6 is 63.7 Å². The molecule has 112 heavy (non-hydrogen) atoms. The first-order valence-corrected chi connectivity index (χ1v) is 40.7. The molecule has 26 nitrogen and oxygen atoms in total. The number of sulfonamides is 1. The van der Waals surface area contributed by atoms with Crippen molar-refractivity contribution in [2.45, 2.75) is 89.4 Å². The number of rotatable bonds is 22. The third kappa shape index (κ3) is 19.5. The molecular weight excluding hydrogens is 1710 g/mol. The van der Waals surface area contributed by atoms with Gasteiger partial charge in [-0.05, 0) is 135 Å². The summed E-state index contributed by atoms with van der Waals surface area (Å²) in [6.45, 7) is 7.01. The summed E-state index contributed by atoms with van der Waals surface area (Å²) < 4.78 is 55.0. The Bertz CT molecular complexity index is 5910. The van der Waals surface area contributed by atoms with Crippen LogP contribution in [-0.2, 0) is 42.6 Å². The lowest BCUT2D eigenvalue weighted by atomic mass is 9.87. The third-order valence-electron chi connectivity index (χ3n) is 18.5. The molecule has 0 bridgehead atoms. The number of hydrogen-bond donors (Lipinski definition) is 7. The van der Waals surface area contributed by atoms with Gasteiger partial charge in [0, 0.05) is 153 Å². The van der Waals surface area contributed by atoms with Crippen LogP contribution in [0.3, 0.4) is 0 Å². The van der Waals surface area contributed by atoms with E-state index in [1.165, 1.54) is 55.6 Å². The van der Waals surface area contributed by atoms with E-state index >= 15 is 0 Å². The average molecular weight is 1790 g/mol. The summed E-state index contributed by atoms with van der Waals surface area (Å²) in [6, 6.07) is 50.3. The topological polar surface area (TPSA) is 293 Å². The number of nitrogens with one attached hydrogen (secondary N) is 5. The van der Waals surface area contributed by atoms with E-state index in [0.717, 1.165) is 108 Å². The van der Waals surface area contributed by atoms with Crippen LogP contribution in [0.15, 0.2) is 242 Å². The van der Waals surface area contributed by atoms with E-state index in [-0.39, 0.29) is 10.7 Å². The Morgan fingerprint density at radius 3 is 1.61 bits per heavy atom. The Labute approximate surface area is 679 Å². The standard InChI is InChI=1S/C23H25BrN6O2S.C20H26N5O.C19H16BrFN5O.C18H13Br2N5O/c1-29(2)13-12-27-33(31,32)19-10-8-17(9-11-19)15-25-22-14-21(18-6-4-3-5-7-18)28-23-20(24)16-26-30(22)23;1-2-16-13-22-25-19(21-12-15-7-6-10-24(26)14-15)11-18(23-20(16)25)17-8-4-3-5-9-17;1-12-6-7-13(11-25(12)27)9-22-18-8-17(14-4-2-3-5-16(14)21)24-19-15(20)10-23-26(18)19;19-14-6-2-1-5-13(14)16-8-17(25-18(23-16)15(20)10-22-25)21-9-12-4-3-7-24(26)11-12/h3-11,14,16,25,27H,12-13,15H2,1-2H3;6-7,10-11,13-14,17,21,26H,2-5,8-9,12H2,1H3;2-8,10-11,22,27H,9H2,1H3;1-8,10-11,21H,9H2/q;2*+1;. The molecule has 11 aromatic heterocycles. The molecule has 32 heteroatoms. The molecule has 0 saturated heterocycles. The van der Waals surface area contributed by atoms with Gasteiger partial charge in [0.25, 0.3) is 0 Å². The molecule has 4 aromatic carbocycles. The maximum absolute atomic E-state index is 14.2. The fourth-order valence-corrected chi connectivity index (χ4v) is 15.1. The first-order valence-electron chi connectivity index (χ1n) is 36.0. The number of nitrogens with zero attached hydrogens (tertiary/aromatic N) is 16. The maximum atomic E-state index is 14.2. The van der Waals surface area contributed by atoms with Crippen LogP contribution < -0.4 is 40.2 Å². The van der Waals surface area contributed by atoms with Gasteiger partial charge in [-0.2, -0.15) is 43.2 Å². The molecule has 574 valence electrons. The van der Waals surface area contributed by atoms with Crippen LogP contribution in [0.5, 0.6) is 0 Å². The number of hydrogen-bond acceptors (Lipinski definition) is 18. The molecule has 1 fully saturated rings. The van der Waals surface area contributed by atoms with Crippen LogP contribution in [-0.4, -0.2) is 109 Å². The summed E-state index contributed by atoms with van der Waals surface area (Å²) in [5.74, 6) is 3.40. The number of anilines is 4. The Morgan fingerprint density at radius 1 is 0.536 bits per heavy atom. The Hall–Kier alpha value is -10.9. The maximum Gasteiger partial charge on any atom is 0.240 e. The normalized spacial score (nSPS) is 12.3. The van der Waals surface area contributed by atoms with Crippen molar-refractivity contribution in [1.29, 1.82) is 0 Å². The average Bonchev–Trinajstić information content (AvgIpc) is 1.62. The SMILES string of the molecule is CCc1cnn2c(NCc3ccc[n+](O)c3)cc(C3CCCCC3)nc12.CN(C)CCNS(=O)(=O)c1ccc(CNc2cc(-c3ccccc3)nc3c(Br)cnn23)cc1.Cc1ccc(CNc2cc(-c3ccccc3F)nc3c(Br)cnn23)c[n+]1O.[O-][n+]1cccc(CNc2cc(-c3ccccc3Br)nc3c(Br)cnn23)c1. The molecular formula is C80H80Br4FN21O5S+2. The van der Waals surface area contributed by atoms with Crippen molar-refractivity contribution in [2.75, 3.05) is 48.5 Å². The van der Waals surface area contributed by atoms with Gasteiger partial charge in [-0.25, -0.2) is 37.5 Å². The van der Waals surface area contributed by atoms with Crippen LogP contribution in [0.4, 0.5) is 27.7 Å². The monoisotopic (exact) mass is 1780 g/mol. The number of likely N-dealkylation sites (N-methyl/N-ethyl adjacent to an activating group) is 1.